The molecule has 0 radical (unpaired) electrons. The van der Waals surface area contributed by atoms with E-state index in [2.05, 4.69) is 16.6 Å². The van der Waals surface area contributed by atoms with Crippen LogP contribution in [-0.4, -0.2) is 21.0 Å². The molecule has 0 aliphatic carbocycles. The number of halogens is 1. The molecule has 0 aliphatic rings. The highest BCUT2D eigenvalue weighted by Crippen LogP contribution is 2.34. The van der Waals surface area contributed by atoms with Crippen LogP contribution >= 0.6 is 11.6 Å². The van der Waals surface area contributed by atoms with E-state index in [9.17, 15) is 4.21 Å². The van der Waals surface area contributed by atoms with Crippen LogP contribution in [0.1, 0.15) is 45.7 Å². The minimum atomic E-state index is -1.15. The highest BCUT2D eigenvalue weighted by molar-refractivity contribution is 7.84. The first-order chi connectivity index (χ1) is 10.8. The summed E-state index contributed by atoms with van der Waals surface area (Å²) in [6.45, 7) is 7.93. The van der Waals surface area contributed by atoms with Crippen LogP contribution < -0.4 is 9.46 Å². The van der Waals surface area contributed by atoms with Gasteiger partial charge in [0.25, 0.3) is 0 Å². The highest BCUT2D eigenvalue weighted by Gasteiger charge is 2.24. The van der Waals surface area contributed by atoms with E-state index in [1.807, 2.05) is 39.0 Å². The Balaban J connectivity index is 2.52. The molecule has 1 N–H and O–H groups in total. The largest absolute Gasteiger partial charge is 0.496 e. The zero-order valence-corrected chi connectivity index (χ0v) is 15.7. The molecule has 1 aromatic carbocycles. The fourth-order valence-electron chi connectivity index (χ4n) is 2.36. The normalized spacial score (nSPS) is 14.7. The second kappa shape index (κ2) is 7.16. The SMILES string of the molecule is CC[C@@H](NS(=O)C(C)(C)C)c1ccc(OC)c2cnc(Cl)cc12. The molecule has 0 bridgehead atoms. The van der Waals surface area contributed by atoms with E-state index in [0.717, 1.165) is 28.5 Å². The van der Waals surface area contributed by atoms with Crippen molar-refractivity contribution in [1.29, 1.82) is 0 Å². The number of ether oxygens (including phenoxy) is 1. The van der Waals surface area contributed by atoms with E-state index in [1.165, 1.54) is 0 Å². The first-order valence-corrected chi connectivity index (χ1v) is 9.11. The molecule has 0 amide bonds. The van der Waals surface area contributed by atoms with Crippen molar-refractivity contribution in [2.75, 3.05) is 7.11 Å². The Hall–Kier alpha value is -1.17. The lowest BCUT2D eigenvalue weighted by Crippen LogP contribution is -2.35. The lowest BCUT2D eigenvalue weighted by atomic mass is 9.98. The zero-order chi connectivity index (χ0) is 17.2. The fourth-order valence-corrected chi connectivity index (χ4v) is 3.43. The van der Waals surface area contributed by atoms with E-state index in [1.54, 1.807) is 13.3 Å². The lowest BCUT2D eigenvalue weighted by molar-refractivity contribution is 0.419. The summed E-state index contributed by atoms with van der Waals surface area (Å²) in [7, 11) is 0.479. The van der Waals surface area contributed by atoms with Gasteiger partial charge < -0.3 is 4.74 Å². The van der Waals surface area contributed by atoms with Crippen LogP contribution in [0.3, 0.4) is 0 Å². The average Bonchev–Trinajstić information content (AvgIpc) is 2.50. The maximum atomic E-state index is 12.5. The predicted molar refractivity (Wildman–Crippen MR) is 97.4 cm³/mol. The molecule has 1 heterocycles. The molecule has 0 spiro atoms. The van der Waals surface area contributed by atoms with Gasteiger partial charge in [-0.25, -0.2) is 13.9 Å². The summed E-state index contributed by atoms with van der Waals surface area (Å²) in [5.74, 6) is 0.750. The monoisotopic (exact) mass is 354 g/mol. The van der Waals surface area contributed by atoms with Gasteiger partial charge in [0.15, 0.2) is 0 Å². The van der Waals surface area contributed by atoms with Gasteiger partial charge in [-0.15, -0.1) is 0 Å². The topological polar surface area (TPSA) is 51.2 Å². The molecule has 1 unspecified atom stereocenters. The Morgan fingerprint density at radius 1 is 1.35 bits per heavy atom. The molecule has 2 rings (SSSR count). The number of methoxy groups -OCH3 is 1. The molecule has 23 heavy (non-hydrogen) atoms. The molecule has 0 saturated heterocycles. The predicted octanol–water partition coefficient (Wildman–Crippen LogP) is 4.40. The molecule has 1 aromatic heterocycles. The van der Waals surface area contributed by atoms with Gasteiger partial charge in [0.2, 0.25) is 0 Å². The summed E-state index contributed by atoms with van der Waals surface area (Å²) in [5.41, 5.74) is 1.05. The Bertz CT molecular complexity index is 728. The van der Waals surface area contributed by atoms with Crippen LogP contribution in [0.4, 0.5) is 0 Å². The molecular formula is C17H23ClN2O2S. The zero-order valence-electron chi connectivity index (χ0n) is 14.1. The number of nitrogens with one attached hydrogen (secondary N) is 1. The number of rotatable bonds is 5. The first kappa shape index (κ1) is 18.2. The van der Waals surface area contributed by atoms with Gasteiger partial charge in [0.05, 0.1) is 22.8 Å². The van der Waals surface area contributed by atoms with Crippen LogP contribution in [0.25, 0.3) is 10.8 Å². The minimum absolute atomic E-state index is 0.0399. The summed E-state index contributed by atoms with van der Waals surface area (Å²) in [6, 6.07) is 5.71. The van der Waals surface area contributed by atoms with Gasteiger partial charge in [-0.05, 0) is 50.3 Å². The van der Waals surface area contributed by atoms with Crippen molar-refractivity contribution in [2.45, 2.75) is 44.9 Å². The maximum Gasteiger partial charge on any atom is 0.129 e. The summed E-state index contributed by atoms with van der Waals surface area (Å²) < 4.78 is 20.8. The van der Waals surface area contributed by atoms with Crippen LogP contribution in [0, 0.1) is 0 Å². The smallest absolute Gasteiger partial charge is 0.129 e. The van der Waals surface area contributed by atoms with Gasteiger partial charge in [-0.3, -0.25) is 0 Å². The number of nitrogens with zero attached hydrogens (tertiary/aromatic N) is 1. The third-order valence-corrected chi connectivity index (χ3v) is 5.49. The molecule has 4 nitrogen and oxygen atoms in total. The number of fused-ring (bicyclic) bond motifs is 1. The Kier molecular flexibility index (Phi) is 5.65. The second-order valence-electron chi connectivity index (χ2n) is 6.37. The summed E-state index contributed by atoms with van der Waals surface area (Å²) in [4.78, 5) is 4.15. The van der Waals surface area contributed by atoms with Crippen molar-refractivity contribution in [2.24, 2.45) is 0 Å². The molecule has 0 fully saturated rings. The van der Waals surface area contributed by atoms with Crippen LogP contribution in [0.5, 0.6) is 5.75 Å². The van der Waals surface area contributed by atoms with Crippen molar-refractivity contribution in [1.82, 2.24) is 9.71 Å². The van der Waals surface area contributed by atoms with Crippen molar-refractivity contribution in [3.05, 3.63) is 35.1 Å². The number of hydrogen-bond donors (Lipinski definition) is 1. The van der Waals surface area contributed by atoms with Gasteiger partial charge in [0, 0.05) is 17.6 Å². The molecule has 0 saturated carbocycles. The number of aromatic nitrogens is 1. The first-order valence-electron chi connectivity index (χ1n) is 7.58. The summed E-state index contributed by atoms with van der Waals surface area (Å²) in [5, 5.41) is 2.30. The Labute approximate surface area is 145 Å². The van der Waals surface area contributed by atoms with E-state index in [-0.39, 0.29) is 10.8 Å². The van der Waals surface area contributed by atoms with E-state index >= 15 is 0 Å². The molecular weight excluding hydrogens is 332 g/mol. The van der Waals surface area contributed by atoms with E-state index < -0.39 is 11.0 Å². The summed E-state index contributed by atoms with van der Waals surface area (Å²) >= 11 is 6.08. The lowest BCUT2D eigenvalue weighted by Gasteiger charge is -2.25. The molecule has 2 aromatic rings. The Morgan fingerprint density at radius 2 is 2.04 bits per heavy atom. The molecule has 0 aliphatic heterocycles. The van der Waals surface area contributed by atoms with Crippen LogP contribution in [0.2, 0.25) is 5.15 Å². The standard InChI is InChI=1S/C17H23ClN2O2S/c1-6-14(20-23(21)17(2,3)4)11-7-8-15(22-5)13-10-19-16(18)9-12(11)13/h7-10,14,20H,6H2,1-5H3/t14-,23?/m1/s1. The van der Waals surface area contributed by atoms with E-state index in [0.29, 0.717) is 5.15 Å². The average molecular weight is 355 g/mol. The van der Waals surface area contributed by atoms with Crippen LogP contribution in [-0.2, 0) is 11.0 Å². The van der Waals surface area contributed by atoms with Crippen molar-refractivity contribution in [3.8, 4) is 5.75 Å². The van der Waals surface area contributed by atoms with Gasteiger partial charge in [-0.1, -0.05) is 24.6 Å². The van der Waals surface area contributed by atoms with Gasteiger partial charge in [0.1, 0.15) is 10.9 Å². The summed E-state index contributed by atoms with van der Waals surface area (Å²) in [6.07, 6.45) is 2.52. The molecule has 2 atom stereocenters. The highest BCUT2D eigenvalue weighted by atomic mass is 35.5. The number of pyridine rings is 1. The Morgan fingerprint density at radius 3 is 2.61 bits per heavy atom. The van der Waals surface area contributed by atoms with Gasteiger partial charge in [-0.2, -0.15) is 0 Å². The minimum Gasteiger partial charge on any atom is -0.496 e. The molecule has 126 valence electrons. The van der Waals surface area contributed by atoms with Crippen molar-refractivity contribution in [3.63, 3.8) is 0 Å². The van der Waals surface area contributed by atoms with Crippen molar-refractivity contribution >= 4 is 33.4 Å². The number of benzene rings is 1. The maximum absolute atomic E-state index is 12.5. The third-order valence-electron chi connectivity index (χ3n) is 3.67. The van der Waals surface area contributed by atoms with E-state index in [4.69, 9.17) is 16.3 Å². The molecule has 6 heteroatoms. The quantitative estimate of drug-likeness (QED) is 0.809. The van der Waals surface area contributed by atoms with Crippen LogP contribution in [0.15, 0.2) is 24.4 Å². The van der Waals surface area contributed by atoms with Gasteiger partial charge >= 0.3 is 0 Å². The second-order valence-corrected chi connectivity index (χ2v) is 8.75. The third kappa shape index (κ3) is 4.03. The fraction of sp³-hybridized carbons (Fsp3) is 0.471. The number of hydrogen-bond acceptors (Lipinski definition) is 3. The van der Waals surface area contributed by atoms with Crippen molar-refractivity contribution < 1.29 is 8.95 Å².